The molecular weight excluding hydrogens is 312 g/mol. The van der Waals surface area contributed by atoms with E-state index in [2.05, 4.69) is 16.5 Å². The van der Waals surface area contributed by atoms with E-state index in [0.717, 1.165) is 5.56 Å². The van der Waals surface area contributed by atoms with Gasteiger partial charge >= 0.3 is 5.82 Å². The third kappa shape index (κ3) is 3.65. The molecule has 0 saturated heterocycles. The number of methoxy groups -OCH3 is 2. The number of H-pyrrole nitrogens is 1. The maximum absolute atomic E-state index is 11.3. The summed E-state index contributed by atoms with van der Waals surface area (Å²) in [6, 6.07) is 5.42. The monoisotopic (exact) mass is 332 g/mol. The van der Waals surface area contributed by atoms with Crippen LogP contribution in [0.15, 0.2) is 30.9 Å². The van der Waals surface area contributed by atoms with Crippen molar-refractivity contribution in [2.24, 2.45) is 0 Å². The van der Waals surface area contributed by atoms with E-state index in [1.165, 1.54) is 0 Å². The number of rotatable bonds is 8. The first-order valence-electron chi connectivity index (χ1n) is 7.27. The third-order valence-corrected chi connectivity index (χ3v) is 3.47. The van der Waals surface area contributed by atoms with E-state index >= 15 is 0 Å². The van der Waals surface area contributed by atoms with Gasteiger partial charge in [-0.2, -0.15) is 4.98 Å². The second-order valence-electron chi connectivity index (χ2n) is 5.10. The van der Waals surface area contributed by atoms with E-state index < -0.39 is 4.92 Å². The highest BCUT2D eigenvalue weighted by Crippen LogP contribution is 2.30. The molecule has 24 heavy (non-hydrogen) atoms. The predicted molar refractivity (Wildman–Crippen MR) is 90.8 cm³/mol. The molecule has 8 heteroatoms. The summed E-state index contributed by atoms with van der Waals surface area (Å²) >= 11 is 0. The van der Waals surface area contributed by atoms with Crippen LogP contribution in [0.25, 0.3) is 0 Å². The van der Waals surface area contributed by atoms with Crippen molar-refractivity contribution in [2.75, 3.05) is 25.7 Å². The Morgan fingerprint density at radius 3 is 2.75 bits per heavy atom. The van der Waals surface area contributed by atoms with E-state index in [4.69, 9.17) is 9.47 Å². The average Bonchev–Trinajstić information content (AvgIpc) is 2.96. The second-order valence-corrected chi connectivity index (χ2v) is 5.10. The van der Waals surface area contributed by atoms with Gasteiger partial charge in [-0.3, -0.25) is 0 Å². The van der Waals surface area contributed by atoms with Gasteiger partial charge in [-0.1, -0.05) is 6.08 Å². The standard InChI is InChI=1S/C16H20N4O4/c1-5-8-19(15-16(20(21)22)18-11(2)17-15)10-12-9-13(23-3)6-7-14(12)24-4/h5-7,9H,1,8,10H2,2-4H3,(H,17,18). The summed E-state index contributed by atoms with van der Waals surface area (Å²) in [5, 5.41) is 11.3. The van der Waals surface area contributed by atoms with Gasteiger partial charge < -0.3 is 24.5 Å². The minimum absolute atomic E-state index is 0.142. The van der Waals surface area contributed by atoms with E-state index in [9.17, 15) is 10.1 Å². The zero-order valence-corrected chi connectivity index (χ0v) is 13.9. The van der Waals surface area contributed by atoms with E-state index in [1.54, 1.807) is 44.3 Å². The summed E-state index contributed by atoms with van der Waals surface area (Å²) in [5.74, 6) is 1.94. The quantitative estimate of drug-likeness (QED) is 0.454. The molecule has 0 aliphatic heterocycles. The molecule has 0 fully saturated rings. The Labute approximate surface area is 139 Å². The maximum atomic E-state index is 11.3. The van der Waals surface area contributed by atoms with Gasteiger partial charge in [-0.25, -0.2) is 4.98 Å². The largest absolute Gasteiger partial charge is 0.497 e. The molecule has 0 bridgehead atoms. The highest BCUT2D eigenvalue weighted by atomic mass is 16.6. The summed E-state index contributed by atoms with van der Waals surface area (Å²) in [7, 11) is 3.15. The normalized spacial score (nSPS) is 10.3. The van der Waals surface area contributed by atoms with Crippen molar-refractivity contribution in [3.8, 4) is 11.5 Å². The van der Waals surface area contributed by atoms with Crippen LogP contribution in [0, 0.1) is 17.0 Å². The molecule has 0 atom stereocenters. The van der Waals surface area contributed by atoms with Crippen molar-refractivity contribution >= 4 is 11.6 Å². The SMILES string of the molecule is C=CCN(Cc1cc(OC)ccc1OC)c1nc(C)[nH]c1[N+](=O)[O-]. The summed E-state index contributed by atoms with van der Waals surface area (Å²) < 4.78 is 10.6. The van der Waals surface area contributed by atoms with Crippen molar-refractivity contribution in [1.29, 1.82) is 0 Å². The Hall–Kier alpha value is -3.03. The van der Waals surface area contributed by atoms with Crippen LogP contribution in [-0.4, -0.2) is 35.7 Å². The summed E-state index contributed by atoms with van der Waals surface area (Å²) in [6.07, 6.45) is 1.67. The highest BCUT2D eigenvalue weighted by Gasteiger charge is 2.24. The molecule has 0 amide bonds. The van der Waals surface area contributed by atoms with Gasteiger partial charge in [0.2, 0.25) is 5.82 Å². The number of nitrogens with one attached hydrogen (secondary N) is 1. The minimum Gasteiger partial charge on any atom is -0.497 e. The molecule has 0 unspecified atom stereocenters. The molecule has 0 radical (unpaired) electrons. The molecule has 1 aromatic heterocycles. The first-order chi connectivity index (χ1) is 11.5. The van der Waals surface area contributed by atoms with E-state index in [-0.39, 0.29) is 11.6 Å². The van der Waals surface area contributed by atoms with Gasteiger partial charge in [0.05, 0.1) is 14.2 Å². The number of imidazole rings is 1. The van der Waals surface area contributed by atoms with Crippen LogP contribution in [0.4, 0.5) is 11.6 Å². The molecular formula is C16H20N4O4. The second kappa shape index (κ2) is 7.49. The molecule has 8 nitrogen and oxygen atoms in total. The fourth-order valence-electron chi connectivity index (χ4n) is 2.41. The molecule has 0 aliphatic rings. The number of ether oxygens (including phenoxy) is 2. The number of aryl methyl sites for hydroxylation is 1. The van der Waals surface area contributed by atoms with Gasteiger partial charge in [0.15, 0.2) is 5.82 Å². The molecule has 1 aromatic carbocycles. The van der Waals surface area contributed by atoms with Crippen LogP contribution in [0.1, 0.15) is 11.4 Å². The summed E-state index contributed by atoms with van der Waals surface area (Å²) in [4.78, 5) is 19.5. The Morgan fingerprint density at radius 1 is 1.42 bits per heavy atom. The average molecular weight is 332 g/mol. The lowest BCUT2D eigenvalue weighted by atomic mass is 10.1. The highest BCUT2D eigenvalue weighted by molar-refractivity contribution is 5.56. The van der Waals surface area contributed by atoms with Crippen LogP contribution in [-0.2, 0) is 6.54 Å². The first kappa shape index (κ1) is 17.3. The first-order valence-corrected chi connectivity index (χ1v) is 7.27. The number of hydrogen-bond donors (Lipinski definition) is 1. The zero-order valence-electron chi connectivity index (χ0n) is 13.9. The van der Waals surface area contributed by atoms with Gasteiger partial charge in [0.1, 0.15) is 11.5 Å². The molecule has 0 spiro atoms. The number of anilines is 1. The number of benzene rings is 1. The third-order valence-electron chi connectivity index (χ3n) is 3.47. The Kier molecular flexibility index (Phi) is 5.41. The zero-order chi connectivity index (χ0) is 17.7. The summed E-state index contributed by atoms with van der Waals surface area (Å²) in [6.45, 7) is 6.15. The van der Waals surface area contributed by atoms with Crippen molar-refractivity contribution in [3.63, 3.8) is 0 Å². The maximum Gasteiger partial charge on any atom is 0.365 e. The number of aromatic nitrogens is 2. The number of nitro groups is 1. The molecule has 1 N–H and O–H groups in total. The fraction of sp³-hybridized carbons (Fsp3) is 0.312. The molecule has 0 aliphatic carbocycles. The smallest absolute Gasteiger partial charge is 0.365 e. The lowest BCUT2D eigenvalue weighted by Gasteiger charge is -2.22. The van der Waals surface area contributed by atoms with Crippen molar-refractivity contribution < 1.29 is 14.4 Å². The number of aromatic amines is 1. The number of hydrogen-bond acceptors (Lipinski definition) is 6. The lowest BCUT2D eigenvalue weighted by molar-refractivity contribution is -0.388. The lowest BCUT2D eigenvalue weighted by Crippen LogP contribution is -2.24. The molecule has 2 rings (SSSR count). The topological polar surface area (TPSA) is 93.5 Å². The fourth-order valence-corrected chi connectivity index (χ4v) is 2.41. The van der Waals surface area contributed by atoms with Crippen LogP contribution in [0.5, 0.6) is 11.5 Å². The van der Waals surface area contributed by atoms with Gasteiger partial charge in [0.25, 0.3) is 0 Å². The van der Waals surface area contributed by atoms with Crippen molar-refractivity contribution in [1.82, 2.24) is 9.97 Å². The predicted octanol–water partition coefficient (Wildman–Crippen LogP) is 2.84. The van der Waals surface area contributed by atoms with Crippen LogP contribution in [0.2, 0.25) is 0 Å². The van der Waals surface area contributed by atoms with Crippen LogP contribution < -0.4 is 14.4 Å². The molecule has 2 aromatic rings. The number of nitrogens with zero attached hydrogens (tertiary/aromatic N) is 3. The van der Waals surface area contributed by atoms with Crippen LogP contribution in [0.3, 0.4) is 0 Å². The van der Waals surface area contributed by atoms with E-state index in [1.807, 2.05) is 6.07 Å². The van der Waals surface area contributed by atoms with E-state index in [0.29, 0.717) is 30.4 Å². The van der Waals surface area contributed by atoms with Gasteiger partial charge in [-0.05, 0) is 23.1 Å². The Balaban J connectivity index is 2.43. The van der Waals surface area contributed by atoms with Gasteiger partial charge in [-0.15, -0.1) is 6.58 Å². The van der Waals surface area contributed by atoms with Crippen LogP contribution >= 0.6 is 0 Å². The summed E-state index contributed by atoms with van der Waals surface area (Å²) in [5.41, 5.74) is 0.827. The minimum atomic E-state index is -0.478. The molecule has 1 heterocycles. The molecule has 0 saturated carbocycles. The Bertz CT molecular complexity index is 742. The van der Waals surface area contributed by atoms with Crippen molar-refractivity contribution in [3.05, 3.63) is 52.4 Å². The Morgan fingerprint density at radius 2 is 2.17 bits per heavy atom. The van der Waals surface area contributed by atoms with Gasteiger partial charge in [0, 0.05) is 25.6 Å². The molecule has 128 valence electrons. The van der Waals surface area contributed by atoms with Crippen molar-refractivity contribution in [2.45, 2.75) is 13.5 Å².